The summed E-state index contributed by atoms with van der Waals surface area (Å²) in [5.41, 5.74) is -0.248. The lowest BCUT2D eigenvalue weighted by molar-refractivity contribution is -0.385. The zero-order chi connectivity index (χ0) is 19.1. The summed E-state index contributed by atoms with van der Waals surface area (Å²) in [7, 11) is -4.17. The summed E-state index contributed by atoms with van der Waals surface area (Å²) in [6, 6.07) is 2.05. The van der Waals surface area contributed by atoms with Gasteiger partial charge in [0.2, 0.25) is 10.0 Å². The first-order valence-corrected chi connectivity index (χ1v) is 10.0. The van der Waals surface area contributed by atoms with Crippen LogP contribution < -0.4 is 10.5 Å². The molecule has 0 saturated carbocycles. The van der Waals surface area contributed by atoms with Crippen molar-refractivity contribution >= 4 is 34.0 Å². The molecule has 0 bridgehead atoms. The minimum atomic E-state index is -4.17. The Bertz CT molecular complexity index is 847. The van der Waals surface area contributed by atoms with Gasteiger partial charge in [-0.05, 0) is 50.8 Å². The van der Waals surface area contributed by atoms with E-state index < -0.39 is 25.5 Å². The number of sulfonamides is 1. The lowest BCUT2D eigenvalue weighted by atomic mass is 9.92. The van der Waals surface area contributed by atoms with E-state index in [0.29, 0.717) is 24.9 Å². The fourth-order valence-electron chi connectivity index (χ4n) is 3.84. The first-order chi connectivity index (χ1) is 12.2. The molecule has 0 spiro atoms. The molecule has 2 heterocycles. The van der Waals surface area contributed by atoms with E-state index >= 15 is 0 Å². The molecule has 150 valence electrons. The Kier molecular flexibility index (Phi) is 6.46. The third kappa shape index (κ3) is 4.40. The number of hydrogen-bond donors (Lipinski definition) is 2. The summed E-state index contributed by atoms with van der Waals surface area (Å²) in [6.45, 7) is 4.44. The van der Waals surface area contributed by atoms with Crippen molar-refractivity contribution in [2.45, 2.75) is 24.7 Å². The van der Waals surface area contributed by atoms with Gasteiger partial charge in [0.1, 0.15) is 0 Å². The highest BCUT2D eigenvalue weighted by Gasteiger charge is 2.33. The number of hydrogen-bond acceptors (Lipinski definition) is 6. The number of likely N-dealkylation sites (tertiary alicyclic amines) is 1. The number of carbonyl (C=O) groups excluding carboxylic acids is 1. The summed E-state index contributed by atoms with van der Waals surface area (Å²) in [4.78, 5) is 24.8. The van der Waals surface area contributed by atoms with Crippen LogP contribution in [-0.2, 0) is 10.0 Å². The molecule has 2 aliphatic rings. The summed E-state index contributed by atoms with van der Waals surface area (Å²) in [6.07, 6.45) is 1.72. The van der Waals surface area contributed by atoms with Crippen LogP contribution in [0.5, 0.6) is 0 Å². The number of carbonyl (C=O) groups is 1. The van der Waals surface area contributed by atoms with E-state index in [2.05, 4.69) is 5.32 Å². The van der Waals surface area contributed by atoms with Crippen molar-refractivity contribution in [2.24, 2.45) is 17.0 Å². The molecular formula is C16H23ClN4O5S. The van der Waals surface area contributed by atoms with E-state index in [1.54, 1.807) is 4.90 Å². The van der Waals surface area contributed by atoms with Gasteiger partial charge < -0.3 is 10.2 Å². The van der Waals surface area contributed by atoms with Crippen molar-refractivity contribution in [1.29, 1.82) is 0 Å². The fourth-order valence-corrected chi connectivity index (χ4v) is 4.40. The third-order valence-corrected chi connectivity index (χ3v) is 6.31. The number of rotatable bonds is 3. The lowest BCUT2D eigenvalue weighted by Crippen LogP contribution is -2.33. The maximum Gasteiger partial charge on any atom is 0.274 e. The number of amides is 1. The molecular weight excluding hydrogens is 396 g/mol. The third-order valence-electron chi connectivity index (χ3n) is 5.42. The molecule has 2 saturated heterocycles. The van der Waals surface area contributed by atoms with Crippen LogP contribution in [0.3, 0.4) is 0 Å². The molecule has 27 heavy (non-hydrogen) atoms. The van der Waals surface area contributed by atoms with Crippen molar-refractivity contribution in [3.63, 3.8) is 0 Å². The highest BCUT2D eigenvalue weighted by molar-refractivity contribution is 7.89. The summed E-state index contributed by atoms with van der Waals surface area (Å²) in [5.74, 6) is 0.669. The van der Waals surface area contributed by atoms with Crippen molar-refractivity contribution < 1.29 is 18.1 Å². The van der Waals surface area contributed by atoms with Crippen LogP contribution in [0.2, 0.25) is 0 Å². The molecule has 0 aliphatic carbocycles. The minimum Gasteiger partial charge on any atom is -0.339 e. The molecule has 9 nitrogen and oxygen atoms in total. The van der Waals surface area contributed by atoms with E-state index in [1.165, 1.54) is 6.92 Å². The number of nitrogens with two attached hydrogens (primary N) is 1. The van der Waals surface area contributed by atoms with Crippen LogP contribution in [0, 0.1) is 28.9 Å². The van der Waals surface area contributed by atoms with E-state index in [1.807, 2.05) is 0 Å². The number of benzene rings is 1. The largest absolute Gasteiger partial charge is 0.339 e. The Morgan fingerprint density at radius 2 is 1.81 bits per heavy atom. The molecule has 0 radical (unpaired) electrons. The fraction of sp³-hybridized carbons (Fsp3) is 0.562. The van der Waals surface area contributed by atoms with Crippen LogP contribution in [0.25, 0.3) is 0 Å². The summed E-state index contributed by atoms with van der Waals surface area (Å²) >= 11 is 0. The summed E-state index contributed by atoms with van der Waals surface area (Å²) in [5, 5.41) is 19.8. The van der Waals surface area contributed by atoms with E-state index in [4.69, 9.17) is 5.14 Å². The normalized spacial score (nSPS) is 22.5. The number of halogens is 1. The van der Waals surface area contributed by atoms with E-state index in [-0.39, 0.29) is 29.4 Å². The van der Waals surface area contributed by atoms with Gasteiger partial charge >= 0.3 is 0 Å². The smallest absolute Gasteiger partial charge is 0.274 e. The van der Waals surface area contributed by atoms with Gasteiger partial charge in [-0.3, -0.25) is 14.9 Å². The topological polar surface area (TPSA) is 136 Å². The Labute approximate surface area is 163 Å². The minimum absolute atomic E-state index is 0. The van der Waals surface area contributed by atoms with Gasteiger partial charge in [0.05, 0.1) is 15.4 Å². The number of primary sulfonamides is 1. The van der Waals surface area contributed by atoms with Gasteiger partial charge in [-0.15, -0.1) is 12.4 Å². The molecule has 3 rings (SSSR count). The van der Waals surface area contributed by atoms with Gasteiger partial charge in [0.15, 0.2) is 0 Å². The Hall–Kier alpha value is -1.75. The van der Waals surface area contributed by atoms with Crippen LogP contribution in [0.15, 0.2) is 17.0 Å². The van der Waals surface area contributed by atoms with Gasteiger partial charge in [0.25, 0.3) is 11.6 Å². The van der Waals surface area contributed by atoms with Crippen LogP contribution in [-0.4, -0.2) is 50.3 Å². The predicted molar refractivity (Wildman–Crippen MR) is 101 cm³/mol. The molecule has 2 atom stereocenters. The molecule has 11 heteroatoms. The first kappa shape index (κ1) is 21.5. The second-order valence-corrected chi connectivity index (χ2v) is 8.53. The SMILES string of the molecule is Cc1c(C(=O)N2CC[C@@H]3CNC[C@@H]3CC2)cc(S(N)(=O)=O)cc1[N+](=O)[O-].Cl. The second kappa shape index (κ2) is 8.09. The van der Waals surface area contributed by atoms with Gasteiger partial charge in [-0.25, -0.2) is 13.6 Å². The highest BCUT2D eigenvalue weighted by Crippen LogP contribution is 2.30. The van der Waals surface area contributed by atoms with Gasteiger partial charge in [0, 0.05) is 24.7 Å². The van der Waals surface area contributed by atoms with E-state index in [0.717, 1.165) is 38.1 Å². The van der Waals surface area contributed by atoms with Crippen molar-refractivity contribution in [1.82, 2.24) is 10.2 Å². The standard InChI is InChI=1S/C16H22N4O5S.ClH/c1-10-14(6-13(26(17,24)25)7-15(10)20(22)23)16(21)19-4-2-11-8-18-9-12(11)3-5-19;/h6-7,11-12,18H,2-5,8-9H2,1H3,(H2,17,24,25);1H/t11-,12+;. The number of fused-ring (bicyclic) bond motifs is 1. The second-order valence-electron chi connectivity index (χ2n) is 6.97. The van der Waals surface area contributed by atoms with Crippen LogP contribution >= 0.6 is 12.4 Å². The Morgan fingerprint density at radius 3 is 2.30 bits per heavy atom. The van der Waals surface area contributed by atoms with Crippen LogP contribution in [0.4, 0.5) is 5.69 Å². The molecule has 3 N–H and O–H groups in total. The quantitative estimate of drug-likeness (QED) is 0.556. The van der Waals surface area contributed by atoms with Gasteiger partial charge in [-0.2, -0.15) is 0 Å². The average molecular weight is 419 g/mol. The molecule has 2 fully saturated rings. The summed E-state index contributed by atoms with van der Waals surface area (Å²) < 4.78 is 23.4. The van der Waals surface area contributed by atoms with E-state index in [9.17, 15) is 23.3 Å². The zero-order valence-electron chi connectivity index (χ0n) is 14.9. The number of nitrogens with zero attached hydrogens (tertiary/aromatic N) is 2. The zero-order valence-corrected chi connectivity index (χ0v) is 16.5. The predicted octanol–water partition coefficient (Wildman–Crippen LogP) is 1.04. The maximum atomic E-state index is 13.0. The molecule has 1 aromatic rings. The Balaban J connectivity index is 0.00000261. The van der Waals surface area contributed by atoms with Crippen LogP contribution in [0.1, 0.15) is 28.8 Å². The lowest BCUT2D eigenvalue weighted by Gasteiger charge is -2.22. The molecule has 1 aromatic carbocycles. The van der Waals surface area contributed by atoms with Crippen molar-refractivity contribution in [2.75, 3.05) is 26.2 Å². The molecule has 0 unspecified atom stereocenters. The monoisotopic (exact) mass is 418 g/mol. The molecule has 0 aromatic heterocycles. The average Bonchev–Trinajstić information content (AvgIpc) is 2.91. The maximum absolute atomic E-state index is 13.0. The first-order valence-electron chi connectivity index (χ1n) is 8.50. The van der Waals surface area contributed by atoms with Crippen molar-refractivity contribution in [3.8, 4) is 0 Å². The number of nitrogens with one attached hydrogen (secondary N) is 1. The van der Waals surface area contributed by atoms with Crippen molar-refractivity contribution in [3.05, 3.63) is 33.4 Å². The van der Waals surface area contributed by atoms with Gasteiger partial charge in [-0.1, -0.05) is 0 Å². The number of nitro groups is 1. The molecule has 2 aliphatic heterocycles. The number of nitro benzene ring substituents is 1. The highest BCUT2D eigenvalue weighted by atomic mass is 35.5. The molecule has 1 amide bonds. The Morgan fingerprint density at radius 1 is 1.26 bits per heavy atom.